The molecule has 0 saturated carbocycles. The fraction of sp³-hybridized carbons (Fsp3) is 1.00. The number of hydrogen-bond acceptors (Lipinski definition) is 3. The summed E-state index contributed by atoms with van der Waals surface area (Å²) in [5, 5.41) is 3.48. The van der Waals surface area contributed by atoms with Crippen LogP contribution in [0.5, 0.6) is 0 Å². The van der Waals surface area contributed by atoms with Gasteiger partial charge in [0.05, 0.1) is 0 Å². The van der Waals surface area contributed by atoms with Gasteiger partial charge < -0.3 is 10.2 Å². The van der Waals surface area contributed by atoms with Gasteiger partial charge in [0.1, 0.15) is 0 Å². The Balaban J connectivity index is 2.12. The summed E-state index contributed by atoms with van der Waals surface area (Å²) in [6.07, 6.45) is 0. The van der Waals surface area contributed by atoms with Gasteiger partial charge in [-0.25, -0.2) is 0 Å². The molecule has 0 spiro atoms. The van der Waals surface area contributed by atoms with Crippen molar-refractivity contribution >= 4 is 0 Å². The lowest BCUT2D eigenvalue weighted by molar-refractivity contribution is 0.114. The van der Waals surface area contributed by atoms with Crippen molar-refractivity contribution in [2.24, 2.45) is 5.92 Å². The highest BCUT2D eigenvalue weighted by Gasteiger charge is 2.16. The van der Waals surface area contributed by atoms with Crippen LogP contribution in [-0.4, -0.2) is 55.2 Å². The van der Waals surface area contributed by atoms with Crippen molar-refractivity contribution in [3.8, 4) is 0 Å². The molecule has 0 aromatic rings. The summed E-state index contributed by atoms with van der Waals surface area (Å²) in [6.45, 7) is 16.2. The fourth-order valence-corrected chi connectivity index (χ4v) is 1.96. The summed E-state index contributed by atoms with van der Waals surface area (Å²) in [4.78, 5) is 5.09. The third-order valence-electron chi connectivity index (χ3n) is 2.81. The van der Waals surface area contributed by atoms with Gasteiger partial charge in [-0.3, -0.25) is 4.90 Å². The second-order valence-electron chi connectivity index (χ2n) is 5.33. The molecule has 0 aromatic carbocycles. The molecule has 0 atom stereocenters. The molecule has 1 aliphatic rings. The van der Waals surface area contributed by atoms with E-state index in [2.05, 4.69) is 42.8 Å². The number of piperazine rings is 1. The van der Waals surface area contributed by atoms with E-state index in [1.807, 2.05) is 0 Å². The Hall–Kier alpha value is -0.120. The zero-order valence-corrected chi connectivity index (χ0v) is 10.8. The zero-order valence-electron chi connectivity index (χ0n) is 10.8. The molecule has 0 radical (unpaired) electrons. The normalized spacial score (nSPS) is 20.4. The molecule has 0 aromatic heterocycles. The van der Waals surface area contributed by atoms with Crippen LogP contribution in [0.25, 0.3) is 0 Å². The molecule has 0 bridgehead atoms. The average Bonchev–Trinajstić information content (AvgIpc) is 2.16. The first kappa shape index (κ1) is 12.9. The minimum Gasteiger partial charge on any atom is -0.302 e. The van der Waals surface area contributed by atoms with E-state index in [0.29, 0.717) is 6.04 Å². The lowest BCUT2D eigenvalue weighted by atomic mass is 10.2. The van der Waals surface area contributed by atoms with Crippen molar-refractivity contribution in [3.05, 3.63) is 0 Å². The van der Waals surface area contributed by atoms with E-state index in [1.165, 1.54) is 32.7 Å². The Morgan fingerprint density at radius 1 is 0.933 bits per heavy atom. The van der Waals surface area contributed by atoms with Crippen LogP contribution in [0.1, 0.15) is 27.7 Å². The molecule has 3 nitrogen and oxygen atoms in total. The van der Waals surface area contributed by atoms with Gasteiger partial charge in [0.25, 0.3) is 0 Å². The maximum atomic E-state index is 3.48. The molecule has 1 fully saturated rings. The average molecular weight is 213 g/mol. The Morgan fingerprint density at radius 3 is 1.93 bits per heavy atom. The van der Waals surface area contributed by atoms with Gasteiger partial charge in [-0.1, -0.05) is 13.8 Å². The molecule has 1 N–H and O–H groups in total. The van der Waals surface area contributed by atoms with Gasteiger partial charge in [-0.2, -0.15) is 0 Å². The van der Waals surface area contributed by atoms with Crippen molar-refractivity contribution in [2.75, 3.05) is 39.4 Å². The van der Waals surface area contributed by atoms with Crippen LogP contribution in [0, 0.1) is 5.92 Å². The molecule has 1 heterocycles. The molecule has 90 valence electrons. The Bertz CT molecular complexity index is 160. The molecule has 0 unspecified atom stereocenters. The summed E-state index contributed by atoms with van der Waals surface area (Å²) in [6, 6.07) is 0.596. The molecule has 1 rings (SSSR count). The minimum absolute atomic E-state index is 0.596. The van der Waals surface area contributed by atoms with Crippen LogP contribution in [0.3, 0.4) is 0 Å². The Morgan fingerprint density at radius 2 is 1.47 bits per heavy atom. The standard InChI is InChI=1S/C12H27N3/c1-11(2)9-14-5-7-15(8-6-14)10-13-12(3)4/h11-13H,5-10H2,1-4H3. The summed E-state index contributed by atoms with van der Waals surface area (Å²) in [5.74, 6) is 0.797. The van der Waals surface area contributed by atoms with E-state index in [-0.39, 0.29) is 0 Å². The monoisotopic (exact) mass is 213 g/mol. The molecule has 1 aliphatic heterocycles. The van der Waals surface area contributed by atoms with Crippen LogP contribution in [-0.2, 0) is 0 Å². The van der Waals surface area contributed by atoms with Crippen molar-refractivity contribution in [1.82, 2.24) is 15.1 Å². The topological polar surface area (TPSA) is 18.5 Å². The molecule has 15 heavy (non-hydrogen) atoms. The van der Waals surface area contributed by atoms with Crippen molar-refractivity contribution in [1.29, 1.82) is 0 Å². The van der Waals surface area contributed by atoms with Crippen LogP contribution in [0.4, 0.5) is 0 Å². The molecule has 1 saturated heterocycles. The maximum absolute atomic E-state index is 3.48. The first-order chi connectivity index (χ1) is 7.08. The lowest BCUT2D eigenvalue weighted by Crippen LogP contribution is -2.50. The van der Waals surface area contributed by atoms with Gasteiger partial charge in [-0.05, 0) is 19.8 Å². The quantitative estimate of drug-likeness (QED) is 0.741. The van der Waals surface area contributed by atoms with Crippen LogP contribution in [0.15, 0.2) is 0 Å². The second-order valence-corrected chi connectivity index (χ2v) is 5.33. The molecular weight excluding hydrogens is 186 g/mol. The van der Waals surface area contributed by atoms with E-state index in [1.54, 1.807) is 0 Å². The second kappa shape index (κ2) is 6.46. The van der Waals surface area contributed by atoms with E-state index < -0.39 is 0 Å². The van der Waals surface area contributed by atoms with Gasteiger partial charge >= 0.3 is 0 Å². The predicted octanol–water partition coefficient (Wildman–Crippen LogP) is 1.22. The van der Waals surface area contributed by atoms with E-state index in [9.17, 15) is 0 Å². The first-order valence-corrected chi connectivity index (χ1v) is 6.26. The third-order valence-corrected chi connectivity index (χ3v) is 2.81. The van der Waals surface area contributed by atoms with Crippen LogP contribution in [0.2, 0.25) is 0 Å². The van der Waals surface area contributed by atoms with E-state index >= 15 is 0 Å². The summed E-state index contributed by atoms with van der Waals surface area (Å²) >= 11 is 0. The molecule has 0 aliphatic carbocycles. The van der Waals surface area contributed by atoms with Gasteiger partial charge in [0.2, 0.25) is 0 Å². The highest BCUT2D eigenvalue weighted by molar-refractivity contribution is 4.72. The lowest BCUT2D eigenvalue weighted by Gasteiger charge is -2.35. The third kappa shape index (κ3) is 5.50. The largest absolute Gasteiger partial charge is 0.302 e. The van der Waals surface area contributed by atoms with Crippen molar-refractivity contribution in [3.63, 3.8) is 0 Å². The van der Waals surface area contributed by atoms with Crippen LogP contribution >= 0.6 is 0 Å². The molecule has 3 heteroatoms. The number of nitrogens with zero attached hydrogens (tertiary/aromatic N) is 2. The number of nitrogens with one attached hydrogen (secondary N) is 1. The fourth-order valence-electron chi connectivity index (χ4n) is 1.96. The smallest absolute Gasteiger partial charge is 0.0483 e. The highest BCUT2D eigenvalue weighted by Crippen LogP contribution is 2.04. The van der Waals surface area contributed by atoms with Gasteiger partial charge in [-0.15, -0.1) is 0 Å². The Labute approximate surface area is 94.8 Å². The first-order valence-electron chi connectivity index (χ1n) is 6.26. The summed E-state index contributed by atoms with van der Waals surface area (Å²) < 4.78 is 0. The number of rotatable bonds is 5. The van der Waals surface area contributed by atoms with Crippen molar-refractivity contribution in [2.45, 2.75) is 33.7 Å². The van der Waals surface area contributed by atoms with E-state index in [4.69, 9.17) is 0 Å². The predicted molar refractivity (Wildman–Crippen MR) is 66.0 cm³/mol. The Kier molecular flexibility index (Phi) is 5.58. The highest BCUT2D eigenvalue weighted by atomic mass is 15.3. The summed E-state index contributed by atoms with van der Waals surface area (Å²) in [7, 11) is 0. The van der Waals surface area contributed by atoms with Crippen molar-refractivity contribution < 1.29 is 0 Å². The summed E-state index contributed by atoms with van der Waals surface area (Å²) in [5.41, 5.74) is 0. The minimum atomic E-state index is 0.596. The maximum Gasteiger partial charge on any atom is 0.0483 e. The number of hydrogen-bond donors (Lipinski definition) is 1. The van der Waals surface area contributed by atoms with Crippen LogP contribution < -0.4 is 5.32 Å². The van der Waals surface area contributed by atoms with Gasteiger partial charge in [0.15, 0.2) is 0 Å². The van der Waals surface area contributed by atoms with Gasteiger partial charge in [0, 0.05) is 45.4 Å². The SMILES string of the molecule is CC(C)CN1CCN(CNC(C)C)CC1. The molecular formula is C12H27N3. The molecule has 0 amide bonds. The van der Waals surface area contributed by atoms with E-state index in [0.717, 1.165) is 12.6 Å². The zero-order chi connectivity index (χ0) is 11.3.